The Morgan fingerprint density at radius 2 is 1.91 bits per heavy atom. The minimum atomic E-state index is -3.01. The first-order chi connectivity index (χ1) is 10.8. The van der Waals surface area contributed by atoms with E-state index in [0.717, 1.165) is 16.9 Å². The average molecular weight is 339 g/mol. The first-order valence-corrected chi connectivity index (χ1v) is 9.75. The molecule has 128 valence electrons. The molecule has 0 unspecified atom stereocenters. The van der Waals surface area contributed by atoms with E-state index in [9.17, 15) is 13.2 Å². The summed E-state index contributed by atoms with van der Waals surface area (Å²) < 4.78 is 29.4. The predicted molar refractivity (Wildman–Crippen MR) is 90.5 cm³/mol. The molecule has 0 bridgehead atoms. The van der Waals surface area contributed by atoms with Gasteiger partial charge in [-0.1, -0.05) is 19.1 Å². The van der Waals surface area contributed by atoms with Crippen molar-refractivity contribution < 1.29 is 17.9 Å². The lowest BCUT2D eigenvalue weighted by Crippen LogP contribution is -2.44. The van der Waals surface area contributed by atoms with E-state index in [1.807, 2.05) is 32.0 Å². The summed E-state index contributed by atoms with van der Waals surface area (Å²) in [7, 11) is -3.01. The molecule has 0 spiro atoms. The number of carbonyl (C=O) groups excluding carboxylic acids is 1. The molecule has 1 fully saturated rings. The molecule has 0 atom stereocenters. The molecule has 1 aliphatic heterocycles. The van der Waals surface area contributed by atoms with E-state index < -0.39 is 9.84 Å². The number of amides is 1. The molecule has 0 N–H and O–H groups in total. The number of nitrogens with zero attached hydrogens (tertiary/aromatic N) is 1. The highest BCUT2D eigenvalue weighted by Gasteiger charge is 2.30. The molecular formula is C17H25NO4S. The number of carbonyl (C=O) groups is 1. The molecule has 1 aromatic rings. The lowest BCUT2D eigenvalue weighted by atomic mass is 10.1. The van der Waals surface area contributed by atoms with Crippen molar-refractivity contribution in [2.45, 2.75) is 38.9 Å². The van der Waals surface area contributed by atoms with Crippen LogP contribution in [-0.2, 0) is 14.6 Å². The van der Waals surface area contributed by atoms with Crippen molar-refractivity contribution in [1.82, 2.24) is 4.90 Å². The van der Waals surface area contributed by atoms with Crippen LogP contribution in [0.2, 0.25) is 0 Å². The van der Waals surface area contributed by atoms with Gasteiger partial charge in [0.15, 0.2) is 16.4 Å². The van der Waals surface area contributed by atoms with E-state index in [2.05, 4.69) is 0 Å². The molecule has 5 nitrogen and oxygen atoms in total. The van der Waals surface area contributed by atoms with Crippen LogP contribution in [-0.4, -0.2) is 49.9 Å². The van der Waals surface area contributed by atoms with Gasteiger partial charge < -0.3 is 9.64 Å². The van der Waals surface area contributed by atoms with Gasteiger partial charge >= 0.3 is 0 Å². The average Bonchev–Trinajstić information content (AvgIpc) is 2.56. The topological polar surface area (TPSA) is 63.7 Å². The molecule has 0 radical (unpaired) electrons. The molecule has 0 aliphatic carbocycles. The number of likely N-dealkylation sites (tertiary alicyclic amines) is 1. The van der Waals surface area contributed by atoms with Crippen LogP contribution in [0.5, 0.6) is 5.75 Å². The van der Waals surface area contributed by atoms with Gasteiger partial charge in [-0.25, -0.2) is 8.42 Å². The third-order valence-electron chi connectivity index (χ3n) is 4.61. The Morgan fingerprint density at radius 3 is 2.52 bits per heavy atom. The van der Waals surface area contributed by atoms with Gasteiger partial charge in [-0.2, -0.15) is 0 Å². The first-order valence-electron chi connectivity index (χ1n) is 8.03. The number of sulfone groups is 1. The van der Waals surface area contributed by atoms with Gasteiger partial charge in [0.25, 0.3) is 5.91 Å². The van der Waals surface area contributed by atoms with Gasteiger partial charge in [0, 0.05) is 18.8 Å². The number of piperidine rings is 1. The zero-order valence-corrected chi connectivity index (χ0v) is 14.9. The van der Waals surface area contributed by atoms with Crippen molar-refractivity contribution in [2.75, 3.05) is 25.4 Å². The fourth-order valence-corrected chi connectivity index (χ4v) is 4.21. The van der Waals surface area contributed by atoms with Crippen LogP contribution in [0, 0.1) is 13.8 Å². The Kier molecular flexibility index (Phi) is 5.68. The Hall–Kier alpha value is -1.56. The molecule has 1 saturated heterocycles. The number of hydrogen-bond acceptors (Lipinski definition) is 4. The molecule has 1 aromatic carbocycles. The van der Waals surface area contributed by atoms with E-state index in [-0.39, 0.29) is 23.5 Å². The molecule has 1 heterocycles. The number of ether oxygens (including phenoxy) is 1. The summed E-state index contributed by atoms with van der Waals surface area (Å²) in [6.07, 6.45) is 1.04. The highest BCUT2D eigenvalue weighted by atomic mass is 32.2. The molecule has 0 saturated carbocycles. The maximum absolute atomic E-state index is 12.2. The third kappa shape index (κ3) is 4.25. The van der Waals surface area contributed by atoms with Crippen LogP contribution >= 0.6 is 0 Å². The van der Waals surface area contributed by atoms with Crippen LogP contribution < -0.4 is 4.74 Å². The van der Waals surface area contributed by atoms with Gasteiger partial charge in [0.05, 0.1) is 5.25 Å². The zero-order valence-electron chi connectivity index (χ0n) is 14.0. The van der Waals surface area contributed by atoms with Gasteiger partial charge in [-0.05, 0) is 43.9 Å². The van der Waals surface area contributed by atoms with Gasteiger partial charge in [0.2, 0.25) is 0 Å². The van der Waals surface area contributed by atoms with Crippen LogP contribution in [0.4, 0.5) is 0 Å². The zero-order chi connectivity index (χ0) is 17.0. The largest absolute Gasteiger partial charge is 0.483 e. The molecule has 2 rings (SSSR count). The number of hydrogen-bond donors (Lipinski definition) is 0. The van der Waals surface area contributed by atoms with Crippen molar-refractivity contribution in [1.29, 1.82) is 0 Å². The van der Waals surface area contributed by atoms with Gasteiger partial charge in [0.1, 0.15) is 5.75 Å². The lowest BCUT2D eigenvalue weighted by Gasteiger charge is -2.31. The van der Waals surface area contributed by atoms with Crippen molar-refractivity contribution in [3.63, 3.8) is 0 Å². The molecule has 23 heavy (non-hydrogen) atoms. The fourth-order valence-electron chi connectivity index (χ4n) is 2.81. The second-order valence-corrected chi connectivity index (χ2v) is 8.59. The van der Waals surface area contributed by atoms with Crippen molar-refractivity contribution in [3.8, 4) is 5.75 Å². The number of benzene rings is 1. The minimum absolute atomic E-state index is 0.00448. The molecule has 1 aliphatic rings. The summed E-state index contributed by atoms with van der Waals surface area (Å²) in [4.78, 5) is 13.9. The highest BCUT2D eigenvalue weighted by molar-refractivity contribution is 7.92. The van der Waals surface area contributed by atoms with Gasteiger partial charge in [-0.3, -0.25) is 4.79 Å². The summed E-state index contributed by atoms with van der Waals surface area (Å²) >= 11 is 0. The van der Waals surface area contributed by atoms with Crippen LogP contribution in [0.3, 0.4) is 0 Å². The van der Waals surface area contributed by atoms with E-state index in [1.54, 1.807) is 11.8 Å². The minimum Gasteiger partial charge on any atom is -0.483 e. The second-order valence-electron chi connectivity index (χ2n) is 6.02. The normalized spacial score (nSPS) is 16.4. The highest BCUT2D eigenvalue weighted by Crippen LogP contribution is 2.21. The predicted octanol–water partition coefficient (Wildman–Crippen LogP) is 2.11. The molecule has 1 amide bonds. The van der Waals surface area contributed by atoms with Crippen molar-refractivity contribution in [2.24, 2.45) is 0 Å². The Balaban J connectivity index is 1.87. The molecule has 6 heteroatoms. The molecular weight excluding hydrogens is 314 g/mol. The maximum atomic E-state index is 12.2. The summed E-state index contributed by atoms with van der Waals surface area (Å²) in [5.41, 5.74) is 2.16. The van der Waals surface area contributed by atoms with E-state index in [4.69, 9.17) is 4.74 Å². The fraction of sp³-hybridized carbons (Fsp3) is 0.588. The first kappa shape index (κ1) is 17.8. The van der Waals surface area contributed by atoms with Gasteiger partial charge in [-0.15, -0.1) is 0 Å². The standard InChI is InChI=1S/C17H25NO4S/c1-4-23(20,21)15-8-10-18(11-9-15)17(19)12-22-16-7-5-6-13(2)14(16)3/h5-7,15H,4,8-12H2,1-3H3. The molecule has 0 aromatic heterocycles. The van der Waals surface area contributed by atoms with Crippen LogP contribution in [0.1, 0.15) is 30.9 Å². The third-order valence-corrected chi connectivity index (χ3v) is 6.90. The van der Waals surface area contributed by atoms with E-state index >= 15 is 0 Å². The Morgan fingerprint density at radius 1 is 1.26 bits per heavy atom. The van der Waals surface area contributed by atoms with E-state index in [0.29, 0.717) is 25.9 Å². The summed E-state index contributed by atoms with van der Waals surface area (Å²) in [6, 6.07) is 5.77. The van der Waals surface area contributed by atoms with Crippen LogP contribution in [0.25, 0.3) is 0 Å². The smallest absolute Gasteiger partial charge is 0.260 e. The summed E-state index contributed by atoms with van der Waals surface area (Å²) in [5.74, 6) is 0.807. The summed E-state index contributed by atoms with van der Waals surface area (Å²) in [6.45, 7) is 6.61. The van der Waals surface area contributed by atoms with E-state index in [1.165, 1.54) is 0 Å². The number of rotatable bonds is 5. The quantitative estimate of drug-likeness (QED) is 0.824. The van der Waals surface area contributed by atoms with Crippen molar-refractivity contribution in [3.05, 3.63) is 29.3 Å². The Labute approximate surface area is 138 Å². The summed E-state index contributed by atoms with van der Waals surface area (Å²) in [5, 5.41) is -0.309. The van der Waals surface area contributed by atoms with Crippen molar-refractivity contribution >= 4 is 15.7 Å². The second kappa shape index (κ2) is 7.34. The number of aryl methyl sites for hydroxylation is 1. The monoisotopic (exact) mass is 339 g/mol. The lowest BCUT2D eigenvalue weighted by molar-refractivity contribution is -0.134. The maximum Gasteiger partial charge on any atom is 0.260 e. The SMILES string of the molecule is CCS(=O)(=O)C1CCN(C(=O)COc2cccc(C)c2C)CC1. The Bertz CT molecular complexity index is 661. The van der Waals surface area contributed by atoms with Crippen LogP contribution in [0.15, 0.2) is 18.2 Å².